The summed E-state index contributed by atoms with van der Waals surface area (Å²) in [5.74, 6) is 0.321. The Morgan fingerprint density at radius 1 is 1.09 bits per heavy atom. The third kappa shape index (κ3) is 4.75. The number of thioether (sulfide) groups is 1. The van der Waals surface area contributed by atoms with Gasteiger partial charge in [-0.25, -0.2) is 9.37 Å². The van der Waals surface area contributed by atoms with Crippen molar-refractivity contribution in [2.75, 3.05) is 13.1 Å². The monoisotopic (exact) mass is 480 g/mol. The van der Waals surface area contributed by atoms with Crippen molar-refractivity contribution in [3.05, 3.63) is 88.5 Å². The lowest BCUT2D eigenvalue weighted by atomic mass is 10.1. The summed E-state index contributed by atoms with van der Waals surface area (Å²) in [4.78, 5) is 23.6. The van der Waals surface area contributed by atoms with Crippen LogP contribution in [-0.2, 0) is 12.3 Å². The Balaban J connectivity index is 1.38. The van der Waals surface area contributed by atoms with Crippen LogP contribution in [0.5, 0.6) is 0 Å². The zero-order valence-corrected chi connectivity index (χ0v) is 19.4. The van der Waals surface area contributed by atoms with Crippen molar-refractivity contribution >= 4 is 40.3 Å². The SMILES string of the molecule is O=C(c1ccc(Cn2c(SCc3ccc(F)cc3Cl)nc3ccncc32)cc1)N1CCCC1. The van der Waals surface area contributed by atoms with E-state index in [4.69, 9.17) is 16.6 Å². The summed E-state index contributed by atoms with van der Waals surface area (Å²) in [5.41, 5.74) is 4.43. The van der Waals surface area contributed by atoms with E-state index in [-0.39, 0.29) is 11.7 Å². The molecule has 0 spiro atoms. The van der Waals surface area contributed by atoms with Gasteiger partial charge in [0.25, 0.3) is 5.91 Å². The molecule has 5 rings (SSSR count). The summed E-state index contributed by atoms with van der Waals surface area (Å²) in [6.07, 6.45) is 5.69. The van der Waals surface area contributed by atoms with Crippen LogP contribution >= 0.6 is 23.4 Å². The molecule has 1 saturated heterocycles. The second kappa shape index (κ2) is 9.53. The first-order valence-electron chi connectivity index (χ1n) is 10.8. The molecule has 3 heterocycles. The Morgan fingerprint density at radius 3 is 2.64 bits per heavy atom. The molecule has 2 aromatic heterocycles. The molecule has 1 aliphatic heterocycles. The molecule has 5 nitrogen and oxygen atoms in total. The molecular weight excluding hydrogens is 459 g/mol. The van der Waals surface area contributed by atoms with Gasteiger partial charge in [0, 0.05) is 35.6 Å². The number of nitrogens with zero attached hydrogens (tertiary/aromatic N) is 4. The fraction of sp³-hybridized carbons (Fsp3) is 0.240. The zero-order chi connectivity index (χ0) is 22.8. The van der Waals surface area contributed by atoms with Crippen LogP contribution in [0, 0.1) is 5.82 Å². The van der Waals surface area contributed by atoms with Crippen molar-refractivity contribution in [3.8, 4) is 0 Å². The molecule has 0 aliphatic carbocycles. The highest BCUT2D eigenvalue weighted by atomic mass is 35.5. The lowest BCUT2D eigenvalue weighted by molar-refractivity contribution is 0.0793. The number of halogens is 2. The van der Waals surface area contributed by atoms with Crippen LogP contribution in [0.2, 0.25) is 5.02 Å². The van der Waals surface area contributed by atoms with Gasteiger partial charge in [0.05, 0.1) is 23.8 Å². The van der Waals surface area contributed by atoms with Gasteiger partial charge in [-0.3, -0.25) is 9.78 Å². The van der Waals surface area contributed by atoms with E-state index in [1.807, 2.05) is 41.4 Å². The summed E-state index contributed by atoms with van der Waals surface area (Å²) < 4.78 is 15.5. The molecule has 33 heavy (non-hydrogen) atoms. The Hall–Kier alpha value is -2.90. The van der Waals surface area contributed by atoms with Crippen LogP contribution in [0.4, 0.5) is 4.39 Å². The van der Waals surface area contributed by atoms with Crippen LogP contribution in [-0.4, -0.2) is 38.4 Å². The highest BCUT2D eigenvalue weighted by molar-refractivity contribution is 7.98. The van der Waals surface area contributed by atoms with Gasteiger partial charge < -0.3 is 9.47 Å². The molecule has 1 fully saturated rings. The first kappa shape index (κ1) is 21.9. The molecule has 8 heteroatoms. The summed E-state index contributed by atoms with van der Waals surface area (Å²) in [6, 6.07) is 14.1. The second-order valence-electron chi connectivity index (χ2n) is 8.07. The maximum Gasteiger partial charge on any atom is 0.253 e. The lowest BCUT2D eigenvalue weighted by Crippen LogP contribution is -2.27. The Kier molecular flexibility index (Phi) is 6.33. The molecule has 2 aromatic carbocycles. The van der Waals surface area contributed by atoms with Gasteiger partial charge in [0.1, 0.15) is 5.82 Å². The minimum absolute atomic E-state index is 0.101. The highest BCUT2D eigenvalue weighted by Gasteiger charge is 2.19. The quantitative estimate of drug-likeness (QED) is 0.327. The van der Waals surface area contributed by atoms with Gasteiger partial charge in [-0.1, -0.05) is 41.6 Å². The van der Waals surface area contributed by atoms with Crippen LogP contribution in [0.15, 0.2) is 66.1 Å². The van der Waals surface area contributed by atoms with E-state index in [0.717, 1.165) is 58.8 Å². The minimum Gasteiger partial charge on any atom is -0.339 e. The van der Waals surface area contributed by atoms with Crippen molar-refractivity contribution in [2.45, 2.75) is 30.3 Å². The van der Waals surface area contributed by atoms with Crippen LogP contribution < -0.4 is 0 Å². The predicted octanol–water partition coefficient (Wildman–Crippen LogP) is 5.80. The second-order valence-corrected chi connectivity index (χ2v) is 9.42. The number of fused-ring (bicyclic) bond motifs is 1. The number of imidazole rings is 1. The Morgan fingerprint density at radius 2 is 1.88 bits per heavy atom. The number of pyridine rings is 1. The summed E-state index contributed by atoms with van der Waals surface area (Å²) >= 11 is 7.76. The maximum atomic E-state index is 13.4. The number of rotatable bonds is 6. The molecule has 0 saturated carbocycles. The number of aromatic nitrogens is 3. The van der Waals surface area contributed by atoms with Crippen molar-refractivity contribution in [3.63, 3.8) is 0 Å². The molecule has 4 aromatic rings. The Bertz CT molecular complexity index is 1300. The van der Waals surface area contributed by atoms with E-state index in [9.17, 15) is 9.18 Å². The molecule has 0 N–H and O–H groups in total. The fourth-order valence-corrected chi connectivity index (χ4v) is 5.36. The third-order valence-corrected chi connectivity index (χ3v) is 7.20. The molecule has 0 atom stereocenters. The third-order valence-electron chi connectivity index (χ3n) is 5.82. The van der Waals surface area contributed by atoms with Gasteiger partial charge >= 0.3 is 0 Å². The highest BCUT2D eigenvalue weighted by Crippen LogP contribution is 2.30. The standard InChI is InChI=1S/C25H22ClFN4OS/c26-21-13-20(27)8-7-19(21)16-33-25-29-22-9-10-28-14-23(22)31(25)15-17-3-5-18(6-4-17)24(32)30-11-1-2-12-30/h3-10,13-14H,1-2,11-12,15-16H2. The van der Waals surface area contributed by atoms with Crippen molar-refractivity contribution in [2.24, 2.45) is 0 Å². The maximum absolute atomic E-state index is 13.4. The molecule has 168 valence electrons. The number of carbonyl (C=O) groups is 1. The Labute approximate surface area is 200 Å². The lowest BCUT2D eigenvalue weighted by Gasteiger charge is -2.15. The van der Waals surface area contributed by atoms with Crippen LogP contribution in [0.25, 0.3) is 11.0 Å². The molecule has 1 aliphatic rings. The summed E-state index contributed by atoms with van der Waals surface area (Å²) in [7, 11) is 0. The average molecular weight is 481 g/mol. The van der Waals surface area contributed by atoms with E-state index in [1.54, 1.807) is 24.0 Å². The van der Waals surface area contributed by atoms with E-state index in [0.29, 0.717) is 17.3 Å². The smallest absolute Gasteiger partial charge is 0.253 e. The molecular formula is C25H22ClFN4OS. The predicted molar refractivity (Wildman–Crippen MR) is 129 cm³/mol. The van der Waals surface area contributed by atoms with E-state index >= 15 is 0 Å². The van der Waals surface area contributed by atoms with Gasteiger partial charge in [0.2, 0.25) is 0 Å². The minimum atomic E-state index is -0.348. The van der Waals surface area contributed by atoms with Gasteiger partial charge in [-0.2, -0.15) is 0 Å². The first-order chi connectivity index (χ1) is 16.1. The van der Waals surface area contributed by atoms with Crippen molar-refractivity contribution in [1.82, 2.24) is 19.4 Å². The molecule has 1 amide bonds. The number of amides is 1. The summed E-state index contributed by atoms with van der Waals surface area (Å²) in [5, 5.41) is 1.24. The molecule has 0 radical (unpaired) electrons. The van der Waals surface area contributed by atoms with Crippen LogP contribution in [0.1, 0.15) is 34.3 Å². The van der Waals surface area contributed by atoms with Crippen LogP contribution in [0.3, 0.4) is 0 Å². The fourth-order valence-electron chi connectivity index (χ4n) is 4.03. The first-order valence-corrected chi connectivity index (χ1v) is 12.2. The van der Waals surface area contributed by atoms with E-state index < -0.39 is 0 Å². The number of hydrogen-bond acceptors (Lipinski definition) is 4. The van der Waals surface area contributed by atoms with Crippen molar-refractivity contribution < 1.29 is 9.18 Å². The zero-order valence-electron chi connectivity index (χ0n) is 17.9. The number of hydrogen-bond donors (Lipinski definition) is 0. The topological polar surface area (TPSA) is 51.0 Å². The van der Waals surface area contributed by atoms with Gasteiger partial charge in [-0.15, -0.1) is 0 Å². The number of likely N-dealkylation sites (tertiary alicyclic amines) is 1. The number of carbonyl (C=O) groups excluding carboxylic acids is 1. The molecule has 0 bridgehead atoms. The van der Waals surface area contributed by atoms with Crippen molar-refractivity contribution in [1.29, 1.82) is 0 Å². The summed E-state index contributed by atoms with van der Waals surface area (Å²) in [6.45, 7) is 2.28. The average Bonchev–Trinajstić information content (AvgIpc) is 3.47. The molecule has 0 unspecified atom stereocenters. The normalized spacial score (nSPS) is 13.7. The van der Waals surface area contributed by atoms with E-state index in [1.165, 1.54) is 12.1 Å². The van der Waals surface area contributed by atoms with Gasteiger partial charge in [0.15, 0.2) is 5.16 Å². The van der Waals surface area contributed by atoms with Gasteiger partial charge in [-0.05, 0) is 54.3 Å². The largest absolute Gasteiger partial charge is 0.339 e. The number of benzene rings is 2. The van der Waals surface area contributed by atoms with E-state index in [2.05, 4.69) is 9.55 Å².